The predicted molar refractivity (Wildman–Crippen MR) is 93.9 cm³/mol. The van der Waals surface area contributed by atoms with Crippen molar-refractivity contribution >= 4 is 16.7 Å². The summed E-state index contributed by atoms with van der Waals surface area (Å²) < 4.78 is 1.30. The van der Waals surface area contributed by atoms with Gasteiger partial charge in [-0.1, -0.05) is 18.2 Å². The van der Waals surface area contributed by atoms with Gasteiger partial charge in [-0.05, 0) is 44.3 Å². The lowest BCUT2D eigenvalue weighted by Crippen LogP contribution is -2.34. The van der Waals surface area contributed by atoms with Crippen molar-refractivity contribution in [2.75, 3.05) is 19.6 Å². The second kappa shape index (κ2) is 7.57. The Hall–Kier alpha value is -2.21. The van der Waals surface area contributed by atoms with Gasteiger partial charge in [-0.25, -0.2) is 4.68 Å². The number of benzene rings is 1. The summed E-state index contributed by atoms with van der Waals surface area (Å²) in [6.07, 6.45) is 3.64. The first-order valence-electron chi connectivity index (χ1n) is 8.57. The number of nitrogens with zero attached hydrogens (tertiary/aromatic N) is 2. The molecule has 0 bridgehead atoms. The number of hydrogen-bond donors (Lipinski definition) is 2. The van der Waals surface area contributed by atoms with E-state index in [1.54, 1.807) is 13.1 Å². The van der Waals surface area contributed by atoms with Crippen LogP contribution in [0.3, 0.4) is 0 Å². The lowest BCUT2D eigenvalue weighted by molar-refractivity contribution is -0.120. The van der Waals surface area contributed by atoms with Crippen LogP contribution in [-0.4, -0.2) is 35.3 Å². The number of aromatic nitrogens is 2. The first kappa shape index (κ1) is 16.6. The number of carbonyl (C=O) groups is 1. The molecular formula is C18H24N4O2. The van der Waals surface area contributed by atoms with Gasteiger partial charge in [0.05, 0.1) is 17.5 Å². The number of nitrogens with one attached hydrogen (secondary N) is 2. The zero-order valence-electron chi connectivity index (χ0n) is 14.0. The van der Waals surface area contributed by atoms with Crippen LogP contribution in [0, 0.1) is 5.92 Å². The molecule has 24 heavy (non-hydrogen) atoms. The molecule has 6 nitrogen and oxygen atoms in total. The van der Waals surface area contributed by atoms with E-state index in [1.165, 1.54) is 17.5 Å². The summed E-state index contributed by atoms with van der Waals surface area (Å²) in [5.41, 5.74) is 0.504. The topological polar surface area (TPSA) is 76.0 Å². The van der Waals surface area contributed by atoms with E-state index in [1.807, 2.05) is 18.2 Å². The minimum absolute atomic E-state index is 0.0462. The van der Waals surface area contributed by atoms with Crippen molar-refractivity contribution in [3.05, 3.63) is 40.3 Å². The Morgan fingerprint density at radius 1 is 1.38 bits per heavy atom. The van der Waals surface area contributed by atoms with E-state index in [4.69, 9.17) is 0 Å². The molecule has 1 aliphatic heterocycles. The van der Waals surface area contributed by atoms with Gasteiger partial charge in [0.15, 0.2) is 0 Å². The Bertz CT molecular complexity index is 778. The summed E-state index contributed by atoms with van der Waals surface area (Å²) in [6.45, 7) is 2.84. The van der Waals surface area contributed by atoms with Gasteiger partial charge in [-0.3, -0.25) is 9.59 Å². The van der Waals surface area contributed by atoms with Crippen molar-refractivity contribution in [2.45, 2.75) is 25.7 Å². The number of aryl methyl sites for hydroxylation is 1. The number of hydrogen-bond acceptors (Lipinski definition) is 4. The molecule has 2 heterocycles. The smallest absolute Gasteiger partial charge is 0.274 e. The van der Waals surface area contributed by atoms with Crippen molar-refractivity contribution < 1.29 is 4.79 Å². The monoisotopic (exact) mass is 328 g/mol. The van der Waals surface area contributed by atoms with E-state index in [0.717, 1.165) is 24.9 Å². The number of amides is 1. The van der Waals surface area contributed by atoms with E-state index in [2.05, 4.69) is 15.7 Å². The Balaban J connectivity index is 1.63. The van der Waals surface area contributed by atoms with Gasteiger partial charge < -0.3 is 10.6 Å². The van der Waals surface area contributed by atoms with Crippen molar-refractivity contribution in [1.82, 2.24) is 20.4 Å². The van der Waals surface area contributed by atoms with Gasteiger partial charge in [-0.2, -0.15) is 5.10 Å². The molecule has 1 unspecified atom stereocenters. The average molecular weight is 328 g/mol. The van der Waals surface area contributed by atoms with E-state index in [-0.39, 0.29) is 17.9 Å². The zero-order chi connectivity index (χ0) is 16.9. The second-order valence-electron chi connectivity index (χ2n) is 6.45. The van der Waals surface area contributed by atoms with Crippen molar-refractivity contribution in [3.8, 4) is 0 Å². The first-order valence-corrected chi connectivity index (χ1v) is 8.57. The molecule has 128 valence electrons. The van der Waals surface area contributed by atoms with Crippen LogP contribution in [0.5, 0.6) is 0 Å². The standard InChI is InChI=1S/C18H24N4O2/c1-22-18(24)15-7-3-2-6-14(15)16(21-22)11-17(23)20-10-8-13-5-4-9-19-12-13/h2-3,6-7,13,19H,4-5,8-12H2,1H3,(H,20,23). The van der Waals surface area contributed by atoms with Crippen molar-refractivity contribution in [2.24, 2.45) is 13.0 Å². The SMILES string of the molecule is Cn1nc(CC(=O)NCCC2CCCNC2)c2ccccc2c1=O. The lowest BCUT2D eigenvalue weighted by atomic mass is 9.96. The molecule has 1 amide bonds. The zero-order valence-corrected chi connectivity index (χ0v) is 14.0. The van der Waals surface area contributed by atoms with Gasteiger partial charge in [0.2, 0.25) is 5.91 Å². The molecule has 2 N–H and O–H groups in total. The van der Waals surface area contributed by atoms with Gasteiger partial charge in [0, 0.05) is 19.0 Å². The second-order valence-corrected chi connectivity index (χ2v) is 6.45. The number of piperidine rings is 1. The van der Waals surface area contributed by atoms with E-state index < -0.39 is 0 Å². The fraction of sp³-hybridized carbons (Fsp3) is 0.500. The molecule has 0 radical (unpaired) electrons. The van der Waals surface area contributed by atoms with Gasteiger partial charge in [0.1, 0.15) is 0 Å². The normalized spacial score (nSPS) is 17.8. The highest BCUT2D eigenvalue weighted by atomic mass is 16.1. The molecule has 0 spiro atoms. The first-order chi connectivity index (χ1) is 11.6. The Morgan fingerprint density at radius 2 is 2.17 bits per heavy atom. The third-order valence-corrected chi connectivity index (χ3v) is 4.63. The van der Waals surface area contributed by atoms with Gasteiger partial charge in [-0.15, -0.1) is 0 Å². The Kier molecular flexibility index (Phi) is 5.25. The van der Waals surface area contributed by atoms with E-state index in [9.17, 15) is 9.59 Å². The molecule has 1 saturated heterocycles. The summed E-state index contributed by atoms with van der Waals surface area (Å²) >= 11 is 0. The van der Waals surface area contributed by atoms with Crippen LogP contribution in [0.2, 0.25) is 0 Å². The third-order valence-electron chi connectivity index (χ3n) is 4.63. The molecular weight excluding hydrogens is 304 g/mol. The fourth-order valence-electron chi connectivity index (χ4n) is 3.31. The predicted octanol–water partition coefficient (Wildman–Crippen LogP) is 0.982. The molecule has 1 fully saturated rings. The largest absolute Gasteiger partial charge is 0.356 e. The van der Waals surface area contributed by atoms with Crippen molar-refractivity contribution in [3.63, 3.8) is 0 Å². The summed E-state index contributed by atoms with van der Waals surface area (Å²) in [5.74, 6) is 0.602. The fourth-order valence-corrected chi connectivity index (χ4v) is 3.31. The summed E-state index contributed by atoms with van der Waals surface area (Å²) in [4.78, 5) is 24.3. The van der Waals surface area contributed by atoms with Crippen LogP contribution in [-0.2, 0) is 18.3 Å². The van der Waals surface area contributed by atoms with Gasteiger partial charge >= 0.3 is 0 Å². The summed E-state index contributed by atoms with van der Waals surface area (Å²) in [7, 11) is 1.62. The van der Waals surface area contributed by atoms with Crippen LogP contribution >= 0.6 is 0 Å². The maximum Gasteiger partial charge on any atom is 0.274 e. The number of fused-ring (bicyclic) bond motifs is 1. The molecule has 6 heteroatoms. The average Bonchev–Trinajstić information content (AvgIpc) is 2.60. The van der Waals surface area contributed by atoms with Crippen molar-refractivity contribution in [1.29, 1.82) is 0 Å². The third kappa shape index (κ3) is 3.82. The number of rotatable bonds is 5. The maximum atomic E-state index is 12.2. The van der Waals surface area contributed by atoms with E-state index >= 15 is 0 Å². The molecule has 1 aliphatic rings. The summed E-state index contributed by atoms with van der Waals surface area (Å²) in [6, 6.07) is 7.31. The van der Waals surface area contributed by atoms with Crippen LogP contribution in [0.25, 0.3) is 10.8 Å². The molecule has 0 aliphatic carbocycles. The Labute approximate surface area is 141 Å². The van der Waals surface area contributed by atoms with Crippen LogP contribution in [0.15, 0.2) is 29.1 Å². The molecule has 2 aromatic rings. The highest BCUT2D eigenvalue weighted by Gasteiger charge is 2.14. The minimum atomic E-state index is -0.139. The quantitative estimate of drug-likeness (QED) is 0.858. The highest BCUT2D eigenvalue weighted by molar-refractivity contribution is 5.88. The molecule has 1 aromatic heterocycles. The lowest BCUT2D eigenvalue weighted by Gasteiger charge is -2.22. The molecule has 1 atom stereocenters. The molecule has 0 saturated carbocycles. The van der Waals surface area contributed by atoms with Crippen LogP contribution in [0.1, 0.15) is 25.0 Å². The van der Waals surface area contributed by atoms with E-state index in [0.29, 0.717) is 23.5 Å². The van der Waals surface area contributed by atoms with Gasteiger partial charge in [0.25, 0.3) is 5.56 Å². The molecule has 3 rings (SSSR count). The summed E-state index contributed by atoms with van der Waals surface area (Å²) in [5, 5.41) is 12.0. The minimum Gasteiger partial charge on any atom is -0.356 e. The van der Waals surface area contributed by atoms with Crippen LogP contribution < -0.4 is 16.2 Å². The molecule has 1 aromatic carbocycles. The van der Waals surface area contributed by atoms with Crippen LogP contribution in [0.4, 0.5) is 0 Å². The number of carbonyl (C=O) groups excluding carboxylic acids is 1. The Morgan fingerprint density at radius 3 is 2.92 bits per heavy atom. The highest BCUT2D eigenvalue weighted by Crippen LogP contribution is 2.14. The maximum absolute atomic E-state index is 12.2.